The lowest BCUT2D eigenvalue weighted by Gasteiger charge is -2.45. The van der Waals surface area contributed by atoms with Gasteiger partial charge in [0.05, 0.1) is 32.0 Å². The first-order valence-corrected chi connectivity index (χ1v) is 11.8. The quantitative estimate of drug-likeness (QED) is 0.536. The largest absolute Gasteiger partial charge is 0.389 e. The standard InChI is InChI=1S/C28H31NO5/c30-25-24-23(19-34-29(24)16-20-10-4-1-5-11-20)27(32-17-21-12-6-2-7-13-21)26(31)28(25)33-18-22-14-8-3-9-15-22/h1-15,23-28,30-31H,16-19H2/t23-,24+,25+,26-,27+,28-/m1/s1. The molecule has 0 aromatic heterocycles. The number of fused-ring (bicyclic) bond motifs is 1. The summed E-state index contributed by atoms with van der Waals surface area (Å²) >= 11 is 0. The van der Waals surface area contributed by atoms with E-state index < -0.39 is 24.4 Å². The molecule has 0 unspecified atom stereocenters. The minimum atomic E-state index is -0.982. The maximum absolute atomic E-state index is 11.4. The average molecular weight is 462 g/mol. The van der Waals surface area contributed by atoms with Gasteiger partial charge in [-0.25, -0.2) is 0 Å². The summed E-state index contributed by atoms with van der Waals surface area (Å²) in [7, 11) is 0. The Morgan fingerprint density at radius 1 is 0.676 bits per heavy atom. The van der Waals surface area contributed by atoms with Crippen LogP contribution in [0.15, 0.2) is 91.0 Å². The van der Waals surface area contributed by atoms with Gasteiger partial charge in [-0.1, -0.05) is 91.0 Å². The van der Waals surface area contributed by atoms with Gasteiger partial charge in [-0.2, -0.15) is 5.06 Å². The first-order valence-electron chi connectivity index (χ1n) is 11.8. The van der Waals surface area contributed by atoms with E-state index in [1.165, 1.54) is 0 Å². The van der Waals surface area contributed by atoms with E-state index in [1.54, 1.807) is 0 Å². The Hall–Kier alpha value is -2.58. The summed E-state index contributed by atoms with van der Waals surface area (Å²) in [5, 5.41) is 24.5. The highest BCUT2D eigenvalue weighted by atomic mass is 16.7. The molecule has 178 valence electrons. The van der Waals surface area contributed by atoms with Crippen molar-refractivity contribution >= 4 is 0 Å². The van der Waals surface area contributed by atoms with Crippen LogP contribution in [0.25, 0.3) is 0 Å². The summed E-state index contributed by atoms with van der Waals surface area (Å²) in [6, 6.07) is 29.3. The van der Waals surface area contributed by atoms with E-state index in [0.717, 1.165) is 16.7 Å². The van der Waals surface area contributed by atoms with Crippen molar-refractivity contribution in [3.05, 3.63) is 108 Å². The lowest BCUT2D eigenvalue weighted by molar-refractivity contribution is -0.226. The van der Waals surface area contributed by atoms with Crippen molar-refractivity contribution in [1.82, 2.24) is 5.06 Å². The number of aliphatic hydroxyl groups excluding tert-OH is 2. The number of nitrogens with zero attached hydrogens (tertiary/aromatic N) is 1. The van der Waals surface area contributed by atoms with Crippen molar-refractivity contribution in [3.63, 3.8) is 0 Å². The minimum absolute atomic E-state index is 0.186. The highest BCUT2D eigenvalue weighted by Gasteiger charge is 2.56. The molecule has 1 heterocycles. The molecule has 6 heteroatoms. The second-order valence-electron chi connectivity index (χ2n) is 9.01. The van der Waals surface area contributed by atoms with Crippen molar-refractivity contribution in [2.24, 2.45) is 5.92 Å². The third kappa shape index (κ3) is 5.08. The van der Waals surface area contributed by atoms with E-state index in [4.69, 9.17) is 14.3 Å². The van der Waals surface area contributed by atoms with Crippen LogP contribution in [0.4, 0.5) is 0 Å². The van der Waals surface area contributed by atoms with Gasteiger partial charge < -0.3 is 19.7 Å². The normalized spacial score (nSPS) is 29.1. The maximum Gasteiger partial charge on any atom is 0.114 e. The molecule has 0 radical (unpaired) electrons. The summed E-state index contributed by atoms with van der Waals surface area (Å²) < 4.78 is 12.4. The van der Waals surface area contributed by atoms with Crippen molar-refractivity contribution < 1.29 is 24.5 Å². The molecule has 2 N–H and O–H groups in total. The van der Waals surface area contributed by atoms with Gasteiger partial charge in [-0.3, -0.25) is 4.84 Å². The van der Waals surface area contributed by atoms with Crippen molar-refractivity contribution in [1.29, 1.82) is 0 Å². The van der Waals surface area contributed by atoms with Crippen LogP contribution in [-0.2, 0) is 34.1 Å². The van der Waals surface area contributed by atoms with Crippen LogP contribution < -0.4 is 0 Å². The van der Waals surface area contributed by atoms with Crippen LogP contribution in [0.1, 0.15) is 16.7 Å². The monoisotopic (exact) mass is 461 g/mol. The number of ether oxygens (including phenoxy) is 2. The topological polar surface area (TPSA) is 71.4 Å². The number of aliphatic hydroxyl groups is 2. The van der Waals surface area contributed by atoms with Gasteiger partial charge in [-0.05, 0) is 16.7 Å². The lowest BCUT2D eigenvalue weighted by Crippen LogP contribution is -2.64. The van der Waals surface area contributed by atoms with E-state index in [2.05, 4.69) is 0 Å². The Balaban J connectivity index is 1.36. The summed E-state index contributed by atoms with van der Waals surface area (Å²) in [5.74, 6) is -0.186. The molecule has 0 spiro atoms. The predicted octanol–water partition coefficient (Wildman–Crippen LogP) is 3.32. The minimum Gasteiger partial charge on any atom is -0.389 e. The zero-order valence-electron chi connectivity index (χ0n) is 19.0. The SMILES string of the molecule is O[C@@H]1[C@@H](OCc2ccccc2)[C@H](O)[C@@H](OCc2ccccc2)[C@@H]2CON(Cc3ccccc3)[C@H]12. The predicted molar refractivity (Wildman–Crippen MR) is 127 cm³/mol. The number of hydroxylamine groups is 2. The first-order chi connectivity index (χ1) is 16.7. The van der Waals surface area contributed by atoms with E-state index in [-0.39, 0.29) is 12.0 Å². The van der Waals surface area contributed by atoms with Crippen LogP contribution in [0.2, 0.25) is 0 Å². The molecule has 2 fully saturated rings. The Bertz CT molecular complexity index is 1020. The second kappa shape index (κ2) is 10.8. The fourth-order valence-electron chi connectivity index (χ4n) is 5.00. The molecule has 3 aromatic carbocycles. The average Bonchev–Trinajstić information content (AvgIpc) is 3.29. The molecule has 3 aromatic rings. The Labute approximate surface area is 200 Å². The van der Waals surface area contributed by atoms with E-state index >= 15 is 0 Å². The zero-order chi connectivity index (χ0) is 23.3. The van der Waals surface area contributed by atoms with Crippen LogP contribution >= 0.6 is 0 Å². The van der Waals surface area contributed by atoms with Gasteiger partial charge in [0.25, 0.3) is 0 Å². The number of hydrogen-bond acceptors (Lipinski definition) is 6. The van der Waals surface area contributed by atoms with Gasteiger partial charge in [0.15, 0.2) is 0 Å². The van der Waals surface area contributed by atoms with Gasteiger partial charge in [0, 0.05) is 12.5 Å². The summed E-state index contributed by atoms with van der Waals surface area (Å²) in [6.07, 6.45) is -3.24. The third-order valence-electron chi connectivity index (χ3n) is 6.74. The molecule has 0 amide bonds. The number of hydrogen-bond donors (Lipinski definition) is 2. The fourth-order valence-corrected chi connectivity index (χ4v) is 5.00. The molecule has 5 rings (SSSR count). The molecule has 1 aliphatic heterocycles. The van der Waals surface area contributed by atoms with Crippen molar-refractivity contribution in [3.8, 4) is 0 Å². The molecule has 1 saturated carbocycles. The fraction of sp³-hybridized carbons (Fsp3) is 0.357. The number of benzene rings is 3. The molecule has 0 bridgehead atoms. The molecule has 1 saturated heterocycles. The molecule has 34 heavy (non-hydrogen) atoms. The third-order valence-corrected chi connectivity index (χ3v) is 6.74. The smallest absolute Gasteiger partial charge is 0.114 e. The van der Waals surface area contributed by atoms with Crippen molar-refractivity contribution in [2.75, 3.05) is 6.61 Å². The lowest BCUT2D eigenvalue weighted by atomic mass is 9.77. The van der Waals surface area contributed by atoms with Crippen LogP contribution in [0.3, 0.4) is 0 Å². The van der Waals surface area contributed by atoms with Gasteiger partial charge in [0.1, 0.15) is 18.3 Å². The van der Waals surface area contributed by atoms with Gasteiger partial charge in [0.2, 0.25) is 0 Å². The van der Waals surface area contributed by atoms with Crippen LogP contribution in [-0.4, -0.2) is 52.3 Å². The molecular weight excluding hydrogens is 430 g/mol. The highest BCUT2D eigenvalue weighted by Crippen LogP contribution is 2.39. The number of rotatable bonds is 8. The van der Waals surface area contributed by atoms with E-state index in [0.29, 0.717) is 26.4 Å². The Morgan fingerprint density at radius 2 is 1.18 bits per heavy atom. The summed E-state index contributed by atoms with van der Waals surface area (Å²) in [4.78, 5) is 6.04. The van der Waals surface area contributed by atoms with Crippen LogP contribution in [0, 0.1) is 5.92 Å². The summed E-state index contributed by atoms with van der Waals surface area (Å²) in [6.45, 7) is 1.57. The van der Waals surface area contributed by atoms with E-state index in [1.807, 2.05) is 96.1 Å². The van der Waals surface area contributed by atoms with Gasteiger partial charge in [-0.15, -0.1) is 0 Å². The van der Waals surface area contributed by atoms with Gasteiger partial charge >= 0.3 is 0 Å². The molecule has 1 aliphatic carbocycles. The van der Waals surface area contributed by atoms with E-state index in [9.17, 15) is 10.2 Å². The molecule has 6 nitrogen and oxygen atoms in total. The molecule has 2 aliphatic rings. The second-order valence-corrected chi connectivity index (χ2v) is 9.01. The van der Waals surface area contributed by atoms with Crippen LogP contribution in [0.5, 0.6) is 0 Å². The molecular formula is C28H31NO5. The maximum atomic E-state index is 11.4. The highest BCUT2D eigenvalue weighted by molar-refractivity contribution is 5.17. The Morgan fingerprint density at radius 3 is 1.74 bits per heavy atom. The Kier molecular flexibility index (Phi) is 7.35. The zero-order valence-corrected chi connectivity index (χ0v) is 19.0. The summed E-state index contributed by atoms with van der Waals surface area (Å²) in [5.41, 5.74) is 3.10. The molecule has 6 atom stereocenters. The first kappa shape index (κ1) is 23.2. The van der Waals surface area contributed by atoms with Crippen molar-refractivity contribution in [2.45, 2.75) is 50.2 Å².